The lowest BCUT2D eigenvalue weighted by molar-refractivity contribution is -0.108. The third-order valence-electron chi connectivity index (χ3n) is 9.88. The quantitative estimate of drug-likeness (QED) is 0.301. The zero-order chi connectivity index (χ0) is 28.7. The van der Waals surface area contributed by atoms with Gasteiger partial charge in [-0.15, -0.1) is 0 Å². The fraction of sp³-hybridized carbons (Fsp3) is 0.531. The molecule has 3 saturated carbocycles. The molecule has 3 aromatic rings. The number of hydrogen-bond donors (Lipinski definition) is 1. The van der Waals surface area contributed by atoms with E-state index in [1.54, 1.807) is 23.0 Å². The summed E-state index contributed by atoms with van der Waals surface area (Å²) in [6.07, 6.45) is 4.43. The van der Waals surface area contributed by atoms with Gasteiger partial charge in [0.25, 0.3) is 5.56 Å². The van der Waals surface area contributed by atoms with Crippen molar-refractivity contribution in [1.29, 1.82) is 0 Å². The first kappa shape index (κ1) is 28.1. The van der Waals surface area contributed by atoms with Crippen LogP contribution in [0, 0.1) is 29.0 Å². The Morgan fingerprint density at radius 1 is 1.20 bits per heavy atom. The maximum Gasteiger partial charge on any atom is 0.261 e. The molecule has 0 radical (unpaired) electrons. The van der Waals surface area contributed by atoms with Crippen LogP contribution >= 0.6 is 11.8 Å². The lowest BCUT2D eigenvalue weighted by Gasteiger charge is -2.61. The predicted octanol–water partition coefficient (Wildman–Crippen LogP) is 5.67. The smallest absolute Gasteiger partial charge is 0.261 e. The van der Waals surface area contributed by atoms with Crippen LogP contribution in [0.4, 0.5) is 10.1 Å². The van der Waals surface area contributed by atoms with Crippen LogP contribution in [0.3, 0.4) is 0 Å². The third-order valence-corrected chi connectivity index (χ3v) is 10.8. The van der Waals surface area contributed by atoms with Crippen LogP contribution in [-0.4, -0.2) is 58.2 Å². The number of hydrogen-bond acceptors (Lipinski definition) is 5. The molecule has 2 bridgehead atoms. The summed E-state index contributed by atoms with van der Waals surface area (Å²) >= 11 is 1.99. The molecule has 1 aliphatic heterocycles. The SMILES string of the molecule is COc1ccc(CCn2cnc3cc(NC(=N[C@H]4C[C@@H]5C[C@H]([C@@H]4C)C5(C)C)N4CCSCC4)ccc3c2=O)c(F)c1. The first-order valence-corrected chi connectivity index (χ1v) is 15.9. The second-order valence-corrected chi connectivity index (χ2v) is 13.6. The van der Waals surface area contributed by atoms with Gasteiger partial charge >= 0.3 is 0 Å². The second kappa shape index (κ2) is 11.3. The molecule has 218 valence electrons. The summed E-state index contributed by atoms with van der Waals surface area (Å²) in [4.78, 5) is 25.6. The topological polar surface area (TPSA) is 71.8 Å². The van der Waals surface area contributed by atoms with E-state index in [1.165, 1.54) is 19.6 Å². The van der Waals surface area contributed by atoms with Gasteiger partial charge in [0.05, 0.1) is 30.4 Å². The van der Waals surface area contributed by atoms with Gasteiger partial charge in [-0.1, -0.05) is 26.8 Å². The molecule has 9 heteroatoms. The third kappa shape index (κ3) is 5.45. The number of aromatic nitrogens is 2. The molecule has 4 fully saturated rings. The van der Waals surface area contributed by atoms with Crippen molar-refractivity contribution in [2.75, 3.05) is 37.0 Å². The Labute approximate surface area is 245 Å². The Kier molecular flexibility index (Phi) is 7.74. The second-order valence-electron chi connectivity index (χ2n) is 12.4. The number of benzene rings is 2. The average Bonchev–Trinajstić information content (AvgIpc) is 2.98. The Bertz CT molecular complexity index is 1520. The zero-order valence-corrected chi connectivity index (χ0v) is 25.2. The van der Waals surface area contributed by atoms with Crippen molar-refractivity contribution >= 4 is 34.3 Å². The molecule has 3 aliphatic carbocycles. The van der Waals surface area contributed by atoms with Gasteiger partial charge in [-0.3, -0.25) is 9.36 Å². The molecule has 2 aromatic carbocycles. The Balaban J connectivity index is 1.21. The van der Waals surface area contributed by atoms with Gasteiger partial charge in [0.15, 0.2) is 5.96 Å². The van der Waals surface area contributed by atoms with Gasteiger partial charge in [0.1, 0.15) is 11.6 Å². The number of guanidine groups is 1. The number of aliphatic imine (C=N–C) groups is 1. The molecule has 1 saturated heterocycles. The van der Waals surface area contributed by atoms with Crippen LogP contribution < -0.4 is 15.6 Å². The van der Waals surface area contributed by atoms with Crippen LogP contribution in [0.1, 0.15) is 39.2 Å². The first-order chi connectivity index (χ1) is 19.7. The van der Waals surface area contributed by atoms with Crippen LogP contribution in [0.25, 0.3) is 10.9 Å². The molecule has 7 nitrogen and oxygen atoms in total. The van der Waals surface area contributed by atoms with E-state index in [9.17, 15) is 9.18 Å². The van der Waals surface area contributed by atoms with Crippen molar-refractivity contribution < 1.29 is 9.13 Å². The van der Waals surface area contributed by atoms with Crippen molar-refractivity contribution in [1.82, 2.24) is 14.5 Å². The van der Waals surface area contributed by atoms with E-state index in [-0.39, 0.29) is 11.4 Å². The summed E-state index contributed by atoms with van der Waals surface area (Å²) in [6.45, 7) is 9.52. The molecule has 0 amide bonds. The maximum absolute atomic E-state index is 14.4. The highest BCUT2D eigenvalue weighted by atomic mass is 32.2. The van der Waals surface area contributed by atoms with Crippen molar-refractivity contribution in [3.63, 3.8) is 0 Å². The number of nitrogens with zero attached hydrogens (tertiary/aromatic N) is 4. The molecular weight excluding hydrogens is 537 g/mol. The molecule has 41 heavy (non-hydrogen) atoms. The minimum absolute atomic E-state index is 0.129. The summed E-state index contributed by atoms with van der Waals surface area (Å²) in [5, 5.41) is 4.17. The van der Waals surface area contributed by atoms with Gasteiger partial charge in [-0.05, 0) is 72.3 Å². The summed E-state index contributed by atoms with van der Waals surface area (Å²) in [5.41, 5.74) is 2.35. The molecule has 1 N–H and O–H groups in total. The lowest BCUT2D eigenvalue weighted by Crippen LogP contribution is -2.56. The van der Waals surface area contributed by atoms with E-state index in [4.69, 9.17) is 9.73 Å². The maximum atomic E-state index is 14.4. The van der Waals surface area contributed by atoms with Crippen LogP contribution in [0.15, 0.2) is 52.5 Å². The molecule has 0 spiro atoms. The summed E-state index contributed by atoms with van der Waals surface area (Å²) in [5.74, 6) is 5.32. The van der Waals surface area contributed by atoms with Gasteiger partial charge in [-0.25, -0.2) is 14.4 Å². The number of thioether (sulfide) groups is 1. The lowest BCUT2D eigenvalue weighted by atomic mass is 9.45. The molecule has 1 aromatic heterocycles. The molecule has 0 unspecified atom stereocenters. The minimum atomic E-state index is -0.338. The number of methoxy groups -OCH3 is 1. The molecule has 7 rings (SSSR count). The van der Waals surface area contributed by atoms with Crippen molar-refractivity contribution in [3.8, 4) is 5.75 Å². The van der Waals surface area contributed by atoms with E-state index in [2.05, 4.69) is 36.0 Å². The fourth-order valence-electron chi connectivity index (χ4n) is 7.04. The molecule has 4 atom stereocenters. The first-order valence-electron chi connectivity index (χ1n) is 14.7. The summed E-state index contributed by atoms with van der Waals surface area (Å²) in [6, 6.07) is 10.8. The zero-order valence-electron chi connectivity index (χ0n) is 24.4. The van der Waals surface area contributed by atoms with Crippen LogP contribution in [0.5, 0.6) is 5.75 Å². The van der Waals surface area contributed by atoms with Gasteiger partial charge in [-0.2, -0.15) is 11.8 Å². The van der Waals surface area contributed by atoms with Gasteiger partial charge < -0.3 is 15.0 Å². The summed E-state index contributed by atoms with van der Waals surface area (Å²) < 4.78 is 21.0. The highest BCUT2D eigenvalue weighted by Gasteiger charge is 2.56. The Hall–Kier alpha value is -3.07. The molecule has 4 aliphatic rings. The Morgan fingerprint density at radius 2 is 2.00 bits per heavy atom. The van der Waals surface area contributed by atoms with Gasteiger partial charge in [0.2, 0.25) is 0 Å². The largest absolute Gasteiger partial charge is 0.497 e. The van der Waals surface area contributed by atoms with E-state index in [0.717, 1.165) is 54.5 Å². The number of ether oxygens (including phenoxy) is 1. The monoisotopic (exact) mass is 577 g/mol. The van der Waals surface area contributed by atoms with Crippen LogP contribution in [-0.2, 0) is 13.0 Å². The predicted molar refractivity (Wildman–Crippen MR) is 166 cm³/mol. The Morgan fingerprint density at radius 3 is 2.71 bits per heavy atom. The molecular formula is C32H40FN5O2S. The molecule has 2 heterocycles. The standard InChI is InChI=1S/C32H40FN5O2S/c1-20-26-15-22(32(26,2)3)16-28(20)36-31(37-11-13-41-14-12-37)35-23-6-8-25-29(17-23)34-19-38(30(25)39)10-9-21-5-7-24(40-4)18-27(21)33/h5-8,17-20,22,26,28H,9-16H2,1-4H3,(H,35,36)/t20-,22-,26+,28-/m0/s1. The summed E-state index contributed by atoms with van der Waals surface area (Å²) in [7, 11) is 1.51. The number of nitrogens with one attached hydrogen (secondary N) is 1. The van der Waals surface area contributed by atoms with Crippen molar-refractivity contribution in [3.05, 3.63) is 64.5 Å². The van der Waals surface area contributed by atoms with Crippen molar-refractivity contribution in [2.24, 2.45) is 28.2 Å². The van der Waals surface area contributed by atoms with Gasteiger partial charge in [0, 0.05) is 42.9 Å². The van der Waals surface area contributed by atoms with E-state index in [1.807, 2.05) is 30.0 Å². The number of aryl methyl sites for hydroxylation is 2. The number of rotatable bonds is 6. The highest BCUT2D eigenvalue weighted by molar-refractivity contribution is 7.99. The normalized spacial score (nSPS) is 25.6. The van der Waals surface area contributed by atoms with E-state index in [0.29, 0.717) is 52.6 Å². The number of fused-ring (bicyclic) bond motifs is 3. The highest BCUT2D eigenvalue weighted by Crippen LogP contribution is 2.61. The fourth-order valence-corrected chi connectivity index (χ4v) is 7.94. The number of anilines is 1. The number of halogens is 1. The minimum Gasteiger partial charge on any atom is -0.497 e. The van der Waals surface area contributed by atoms with E-state index < -0.39 is 0 Å². The average molecular weight is 578 g/mol. The van der Waals surface area contributed by atoms with Crippen molar-refractivity contribution in [2.45, 2.75) is 52.6 Å². The van der Waals surface area contributed by atoms with E-state index >= 15 is 0 Å². The van der Waals surface area contributed by atoms with Crippen LogP contribution in [0.2, 0.25) is 0 Å².